The molecular weight excluding hydrogens is 642 g/mol. The summed E-state index contributed by atoms with van der Waals surface area (Å²) in [7, 11) is 1.72. The number of amides is 2. The fourth-order valence-corrected chi connectivity index (χ4v) is 6.69. The van der Waals surface area contributed by atoms with Crippen molar-refractivity contribution in [1.82, 2.24) is 19.8 Å². The second kappa shape index (κ2) is 13.5. The smallest absolute Gasteiger partial charge is 0.410 e. The Morgan fingerprint density at radius 1 is 1.10 bits per heavy atom. The maximum atomic E-state index is 12.9. The van der Waals surface area contributed by atoms with Gasteiger partial charge in [0, 0.05) is 62.9 Å². The average molecular weight is 686 g/mol. The van der Waals surface area contributed by atoms with Gasteiger partial charge < -0.3 is 38.9 Å². The number of nitriles is 1. The second-order valence-corrected chi connectivity index (χ2v) is 14.2. The Morgan fingerprint density at radius 2 is 1.86 bits per heavy atom. The number of hydrogen-bond donors (Lipinski definition) is 1. The number of hydrogen-bond acceptors (Lipinski definition) is 11. The zero-order chi connectivity index (χ0) is 35.8. The van der Waals surface area contributed by atoms with Gasteiger partial charge in [-0.1, -0.05) is 24.3 Å². The predicted molar refractivity (Wildman–Crippen MR) is 184 cm³/mol. The Bertz CT molecular complexity index is 1850. The van der Waals surface area contributed by atoms with Crippen LogP contribution in [0.15, 0.2) is 36.4 Å². The zero-order valence-electron chi connectivity index (χ0n) is 29.1. The SMILES string of the molecule is CC(=O)Oc1cc(N2CCc3c(nc(OCC4(N(C)C(=O)OC(C)(C)C)CC4)nc3N3CCN(C(=O)O)[C@@H](CC#N)C3)C2)c2ccccc2c1. The van der Waals surface area contributed by atoms with Gasteiger partial charge in [-0.05, 0) is 51.5 Å². The number of nitrogens with zero attached hydrogens (tertiary/aromatic N) is 7. The van der Waals surface area contributed by atoms with Gasteiger partial charge in [-0.15, -0.1) is 0 Å². The maximum absolute atomic E-state index is 12.9. The monoisotopic (exact) mass is 685 g/mol. The van der Waals surface area contributed by atoms with E-state index in [0.717, 1.165) is 40.6 Å². The van der Waals surface area contributed by atoms with Gasteiger partial charge in [-0.3, -0.25) is 4.79 Å². The van der Waals surface area contributed by atoms with Crippen LogP contribution in [0.4, 0.5) is 21.1 Å². The molecule has 0 spiro atoms. The number of anilines is 2. The highest BCUT2D eigenvalue weighted by Gasteiger charge is 2.51. The summed E-state index contributed by atoms with van der Waals surface area (Å²) < 4.78 is 17.4. The average Bonchev–Trinajstić information content (AvgIpc) is 3.86. The molecule has 3 heterocycles. The Labute approximate surface area is 291 Å². The van der Waals surface area contributed by atoms with Crippen molar-refractivity contribution in [2.75, 3.05) is 49.6 Å². The molecule has 0 bridgehead atoms. The van der Waals surface area contributed by atoms with Gasteiger partial charge in [0.15, 0.2) is 0 Å². The minimum atomic E-state index is -1.05. The van der Waals surface area contributed by atoms with Crippen LogP contribution in [0.5, 0.6) is 11.8 Å². The molecule has 2 aromatic carbocycles. The molecule has 2 amide bonds. The summed E-state index contributed by atoms with van der Waals surface area (Å²) in [5.41, 5.74) is 1.39. The van der Waals surface area contributed by atoms with Crippen molar-refractivity contribution in [3.63, 3.8) is 0 Å². The second-order valence-electron chi connectivity index (χ2n) is 14.2. The third-order valence-electron chi connectivity index (χ3n) is 9.47. The number of benzene rings is 2. The number of carbonyl (C=O) groups excluding carboxylic acids is 2. The van der Waals surface area contributed by atoms with Crippen molar-refractivity contribution in [1.29, 1.82) is 5.26 Å². The van der Waals surface area contributed by atoms with E-state index < -0.39 is 35.3 Å². The van der Waals surface area contributed by atoms with Crippen molar-refractivity contribution in [2.24, 2.45) is 0 Å². The van der Waals surface area contributed by atoms with E-state index in [-0.39, 0.29) is 25.6 Å². The van der Waals surface area contributed by atoms with Gasteiger partial charge in [-0.25, -0.2) is 9.59 Å². The topological polar surface area (TPSA) is 162 Å². The lowest BCUT2D eigenvalue weighted by Gasteiger charge is -2.41. The van der Waals surface area contributed by atoms with Crippen LogP contribution in [0.1, 0.15) is 58.2 Å². The third-order valence-corrected chi connectivity index (χ3v) is 9.47. The highest BCUT2D eigenvalue weighted by atomic mass is 16.6. The van der Waals surface area contributed by atoms with Crippen LogP contribution in [0.25, 0.3) is 10.8 Å². The van der Waals surface area contributed by atoms with Crippen molar-refractivity contribution in [2.45, 2.75) is 77.1 Å². The Balaban J connectivity index is 1.34. The molecule has 1 aromatic heterocycles. The van der Waals surface area contributed by atoms with Crippen molar-refractivity contribution in [3.05, 3.63) is 47.7 Å². The van der Waals surface area contributed by atoms with E-state index in [1.165, 1.54) is 11.8 Å². The van der Waals surface area contributed by atoms with Crippen LogP contribution in [0.2, 0.25) is 0 Å². The molecule has 2 aliphatic heterocycles. The Hall–Kier alpha value is -5.32. The summed E-state index contributed by atoms with van der Waals surface area (Å²) in [5.74, 6) is 0.701. The molecule has 3 aliphatic rings. The number of piperazine rings is 1. The summed E-state index contributed by atoms with van der Waals surface area (Å²) in [5, 5.41) is 21.2. The maximum Gasteiger partial charge on any atom is 0.410 e. The molecule has 6 rings (SSSR count). The molecule has 1 aliphatic carbocycles. The number of likely N-dealkylation sites (N-methyl/N-ethyl adjacent to an activating group) is 1. The normalized spacial score (nSPS) is 18.2. The molecular formula is C36H43N7O7. The van der Waals surface area contributed by atoms with Gasteiger partial charge in [0.05, 0.1) is 36.3 Å². The number of esters is 1. The van der Waals surface area contributed by atoms with Crippen LogP contribution >= 0.6 is 0 Å². The van der Waals surface area contributed by atoms with Crippen LogP contribution < -0.4 is 19.3 Å². The fourth-order valence-electron chi connectivity index (χ4n) is 6.69. The largest absolute Gasteiger partial charge is 0.465 e. The predicted octanol–water partition coefficient (Wildman–Crippen LogP) is 4.98. The van der Waals surface area contributed by atoms with E-state index in [1.807, 2.05) is 62.1 Å². The van der Waals surface area contributed by atoms with E-state index in [0.29, 0.717) is 44.2 Å². The summed E-state index contributed by atoms with van der Waals surface area (Å²) in [6.45, 7) is 8.97. The molecule has 14 nitrogen and oxygen atoms in total. The number of carboxylic acid groups (broad SMARTS) is 1. The van der Waals surface area contributed by atoms with Gasteiger partial charge in [0.1, 0.15) is 23.8 Å². The van der Waals surface area contributed by atoms with Crippen LogP contribution in [-0.2, 0) is 22.5 Å². The van der Waals surface area contributed by atoms with E-state index >= 15 is 0 Å². The molecule has 264 valence electrons. The van der Waals surface area contributed by atoms with E-state index in [2.05, 4.69) is 11.0 Å². The minimum Gasteiger partial charge on any atom is -0.465 e. The van der Waals surface area contributed by atoms with Crippen LogP contribution in [0.3, 0.4) is 0 Å². The zero-order valence-corrected chi connectivity index (χ0v) is 29.1. The van der Waals surface area contributed by atoms with Gasteiger partial charge >= 0.3 is 24.2 Å². The molecule has 14 heteroatoms. The van der Waals surface area contributed by atoms with Crippen molar-refractivity contribution in [3.8, 4) is 17.8 Å². The molecule has 2 fully saturated rings. The number of ether oxygens (including phenoxy) is 3. The van der Waals surface area contributed by atoms with Gasteiger partial charge in [-0.2, -0.15) is 15.2 Å². The highest BCUT2D eigenvalue weighted by Crippen LogP contribution is 2.42. The van der Waals surface area contributed by atoms with Gasteiger partial charge in [0.25, 0.3) is 0 Å². The molecule has 1 saturated carbocycles. The third kappa shape index (κ3) is 7.31. The summed E-state index contributed by atoms with van der Waals surface area (Å²) in [6, 6.07) is 13.4. The lowest BCUT2D eigenvalue weighted by atomic mass is 10.0. The van der Waals surface area contributed by atoms with Crippen molar-refractivity contribution < 1.29 is 33.7 Å². The summed E-state index contributed by atoms with van der Waals surface area (Å²) >= 11 is 0. The first kappa shape index (κ1) is 34.5. The lowest BCUT2D eigenvalue weighted by Crippen LogP contribution is -2.55. The number of rotatable bonds is 8. The number of aromatic nitrogens is 2. The molecule has 0 radical (unpaired) electrons. The first-order valence-corrected chi connectivity index (χ1v) is 16.8. The number of fused-ring (bicyclic) bond motifs is 2. The van der Waals surface area contributed by atoms with E-state index in [4.69, 9.17) is 24.2 Å². The van der Waals surface area contributed by atoms with Gasteiger partial charge in [0.2, 0.25) is 0 Å². The molecule has 50 heavy (non-hydrogen) atoms. The quantitative estimate of drug-likeness (QED) is 0.251. The summed E-state index contributed by atoms with van der Waals surface area (Å²) in [6.07, 6.45) is 0.647. The molecule has 0 unspecified atom stereocenters. The summed E-state index contributed by atoms with van der Waals surface area (Å²) in [4.78, 5) is 53.7. The van der Waals surface area contributed by atoms with E-state index in [1.54, 1.807) is 11.9 Å². The highest BCUT2D eigenvalue weighted by molar-refractivity contribution is 5.96. The van der Waals surface area contributed by atoms with E-state index in [9.17, 15) is 24.8 Å². The van der Waals surface area contributed by atoms with Crippen LogP contribution in [-0.4, -0.2) is 100 Å². The van der Waals surface area contributed by atoms with Crippen molar-refractivity contribution >= 4 is 40.4 Å². The van der Waals surface area contributed by atoms with Crippen LogP contribution in [0, 0.1) is 11.3 Å². The lowest BCUT2D eigenvalue weighted by molar-refractivity contribution is -0.131. The molecule has 1 saturated heterocycles. The molecule has 1 N–H and O–H groups in total. The standard InChI is InChI=1S/C36H43N7O7/c1-23(44)49-26-18-24-8-6-7-9-27(24)30(19-26)41-15-11-28-29(21-41)38-32(48-22-36(12-13-36)40(5)34(47)50-35(2,3)4)39-31(28)42-16-17-43(33(45)46)25(20-42)10-14-37/h6-9,18-19,25H,10-13,15-17,20-22H2,1-5H3,(H,45,46)/t25-/m0/s1. The first-order valence-electron chi connectivity index (χ1n) is 16.8. The number of carbonyl (C=O) groups is 3. The molecule has 1 atom stereocenters. The molecule has 3 aromatic rings. The first-order chi connectivity index (χ1) is 23.8. The fraction of sp³-hybridized carbons (Fsp3) is 0.500. The Morgan fingerprint density at radius 3 is 2.54 bits per heavy atom. The Kier molecular flexibility index (Phi) is 9.35. The minimum absolute atomic E-state index is 0.0540.